The van der Waals surface area contributed by atoms with E-state index >= 15 is 0 Å². The summed E-state index contributed by atoms with van der Waals surface area (Å²) in [5.74, 6) is 0.584. The van der Waals surface area contributed by atoms with E-state index in [2.05, 4.69) is 20.3 Å². The van der Waals surface area contributed by atoms with Gasteiger partial charge in [0.05, 0.1) is 19.3 Å². The largest absolute Gasteiger partial charge is 0.497 e. The van der Waals surface area contributed by atoms with Gasteiger partial charge in [-0.05, 0) is 43.6 Å². The first-order valence-corrected chi connectivity index (χ1v) is 10.1. The zero-order valence-electron chi connectivity index (χ0n) is 17.2. The van der Waals surface area contributed by atoms with Crippen LogP contribution in [0.25, 0.3) is 11.0 Å². The fourth-order valence-corrected chi connectivity index (χ4v) is 3.94. The van der Waals surface area contributed by atoms with Gasteiger partial charge in [-0.2, -0.15) is 5.10 Å². The summed E-state index contributed by atoms with van der Waals surface area (Å²) < 4.78 is 8.11. The monoisotopic (exact) mass is 410 g/mol. The number of carbonyl (C=O) groups excluding carboxylic acids is 1. The molecule has 0 unspecified atom stereocenters. The van der Waals surface area contributed by atoms with Crippen LogP contribution in [-0.2, 0) is 18.4 Å². The number of fused-ring (bicyclic) bond motifs is 1. The van der Waals surface area contributed by atoms with Gasteiger partial charge in [-0.3, -0.25) is 23.7 Å². The maximum atomic E-state index is 12.6. The van der Waals surface area contributed by atoms with Crippen LogP contribution in [0.15, 0.2) is 41.6 Å². The Morgan fingerprint density at radius 1 is 1.23 bits per heavy atom. The van der Waals surface area contributed by atoms with E-state index in [1.165, 1.54) is 21.8 Å². The number of nitrogens with zero attached hydrogens (tertiary/aromatic N) is 5. The van der Waals surface area contributed by atoms with Gasteiger partial charge in [0.2, 0.25) is 5.91 Å². The van der Waals surface area contributed by atoms with Crippen LogP contribution in [0.5, 0.6) is 5.75 Å². The number of ether oxygens (including phenoxy) is 1. The van der Waals surface area contributed by atoms with E-state index < -0.39 is 0 Å². The molecule has 0 spiro atoms. The number of rotatable bonds is 7. The van der Waals surface area contributed by atoms with Crippen molar-refractivity contribution < 1.29 is 9.53 Å². The number of nitrogens with one attached hydrogen (secondary N) is 1. The molecule has 2 aromatic heterocycles. The maximum Gasteiger partial charge on any atom is 0.264 e. The summed E-state index contributed by atoms with van der Waals surface area (Å²) in [5.41, 5.74) is 1.37. The Balaban J connectivity index is 1.45. The molecular formula is C21H26N6O3. The van der Waals surface area contributed by atoms with E-state index in [4.69, 9.17) is 4.74 Å². The molecule has 1 fully saturated rings. The molecule has 1 atom stereocenters. The fraction of sp³-hybridized carbons (Fsp3) is 0.429. The molecule has 9 nitrogen and oxygen atoms in total. The first-order chi connectivity index (χ1) is 14.6. The summed E-state index contributed by atoms with van der Waals surface area (Å²) in [7, 11) is 3.37. The minimum absolute atomic E-state index is 0.0774. The maximum absolute atomic E-state index is 12.6. The minimum Gasteiger partial charge on any atom is -0.497 e. The summed E-state index contributed by atoms with van der Waals surface area (Å²) in [6, 6.07) is 8.04. The highest BCUT2D eigenvalue weighted by molar-refractivity contribution is 5.77. The Kier molecular flexibility index (Phi) is 5.80. The van der Waals surface area contributed by atoms with Crippen LogP contribution in [0.2, 0.25) is 0 Å². The molecule has 0 aliphatic carbocycles. The van der Waals surface area contributed by atoms with Crippen LogP contribution in [0, 0.1) is 0 Å². The Labute approximate surface area is 174 Å². The molecule has 3 aromatic rings. The van der Waals surface area contributed by atoms with Crippen molar-refractivity contribution in [2.45, 2.75) is 25.4 Å². The second-order valence-electron chi connectivity index (χ2n) is 7.52. The van der Waals surface area contributed by atoms with E-state index in [0.29, 0.717) is 17.6 Å². The third kappa shape index (κ3) is 4.06. The topological polar surface area (TPSA) is 94.3 Å². The highest BCUT2D eigenvalue weighted by atomic mass is 16.5. The lowest BCUT2D eigenvalue weighted by Gasteiger charge is -2.28. The first kappa shape index (κ1) is 20.1. The van der Waals surface area contributed by atoms with E-state index in [-0.39, 0.29) is 24.1 Å². The van der Waals surface area contributed by atoms with Crippen molar-refractivity contribution in [3.8, 4) is 5.75 Å². The van der Waals surface area contributed by atoms with Gasteiger partial charge < -0.3 is 10.1 Å². The quantitative estimate of drug-likeness (QED) is 0.627. The highest BCUT2D eigenvalue weighted by Crippen LogP contribution is 2.26. The molecule has 1 saturated heterocycles. The predicted molar refractivity (Wildman–Crippen MR) is 112 cm³/mol. The molecule has 4 rings (SSSR count). The molecule has 1 N–H and O–H groups in total. The van der Waals surface area contributed by atoms with Crippen LogP contribution < -0.4 is 15.6 Å². The third-order valence-corrected chi connectivity index (χ3v) is 5.61. The summed E-state index contributed by atoms with van der Waals surface area (Å²) in [6.07, 6.45) is 5.19. The molecule has 1 aliphatic rings. The Morgan fingerprint density at radius 3 is 2.67 bits per heavy atom. The van der Waals surface area contributed by atoms with Crippen LogP contribution in [0.1, 0.15) is 24.4 Å². The van der Waals surface area contributed by atoms with Crippen molar-refractivity contribution >= 4 is 16.9 Å². The molecule has 0 saturated carbocycles. The predicted octanol–water partition coefficient (Wildman–Crippen LogP) is 1.09. The molecule has 1 aromatic carbocycles. The van der Waals surface area contributed by atoms with Crippen molar-refractivity contribution in [2.24, 2.45) is 7.05 Å². The Hall–Kier alpha value is -3.20. The van der Waals surface area contributed by atoms with Gasteiger partial charge in [0, 0.05) is 13.6 Å². The van der Waals surface area contributed by atoms with Gasteiger partial charge >= 0.3 is 0 Å². The second-order valence-corrected chi connectivity index (χ2v) is 7.52. The van der Waals surface area contributed by atoms with Gasteiger partial charge in [0.1, 0.15) is 24.0 Å². The number of hydrogen-bond donors (Lipinski definition) is 1. The average Bonchev–Trinajstić information content (AvgIpc) is 3.41. The lowest BCUT2D eigenvalue weighted by molar-refractivity contribution is -0.122. The smallest absolute Gasteiger partial charge is 0.264 e. The lowest BCUT2D eigenvalue weighted by Crippen LogP contribution is -2.39. The van der Waals surface area contributed by atoms with Crippen LogP contribution in [-0.4, -0.2) is 56.9 Å². The lowest BCUT2D eigenvalue weighted by atomic mass is 10.1. The molecule has 0 bridgehead atoms. The highest BCUT2D eigenvalue weighted by Gasteiger charge is 2.24. The molecule has 158 valence electrons. The number of carbonyl (C=O) groups is 1. The molecule has 30 heavy (non-hydrogen) atoms. The molecular weight excluding hydrogens is 384 g/mol. The summed E-state index contributed by atoms with van der Waals surface area (Å²) >= 11 is 0. The van der Waals surface area contributed by atoms with E-state index in [1.54, 1.807) is 14.2 Å². The van der Waals surface area contributed by atoms with Gasteiger partial charge in [-0.1, -0.05) is 12.1 Å². The zero-order chi connectivity index (χ0) is 21.1. The number of benzene rings is 1. The Bertz CT molecular complexity index is 1080. The Morgan fingerprint density at radius 2 is 1.97 bits per heavy atom. The van der Waals surface area contributed by atoms with Crippen molar-refractivity contribution in [1.29, 1.82) is 0 Å². The minimum atomic E-state index is -0.269. The van der Waals surface area contributed by atoms with Gasteiger partial charge in [-0.15, -0.1) is 0 Å². The summed E-state index contributed by atoms with van der Waals surface area (Å²) in [4.78, 5) is 31.8. The fourth-order valence-electron chi connectivity index (χ4n) is 3.94. The van der Waals surface area contributed by atoms with Crippen molar-refractivity contribution in [3.05, 3.63) is 52.7 Å². The molecule has 1 aliphatic heterocycles. The zero-order valence-corrected chi connectivity index (χ0v) is 17.2. The van der Waals surface area contributed by atoms with Crippen LogP contribution >= 0.6 is 0 Å². The number of aryl methyl sites for hydroxylation is 1. The van der Waals surface area contributed by atoms with E-state index in [0.717, 1.165) is 37.2 Å². The van der Waals surface area contributed by atoms with Crippen molar-refractivity contribution in [2.75, 3.05) is 26.7 Å². The number of hydrogen-bond acceptors (Lipinski definition) is 6. The van der Waals surface area contributed by atoms with Gasteiger partial charge in [-0.25, -0.2) is 4.98 Å². The normalized spacial score (nSPS) is 15.4. The first-order valence-electron chi connectivity index (χ1n) is 10.1. The SMILES string of the molecule is COc1ccc([C@H](CNC(=O)Cn2cnc3c(cnn3C)c2=O)N2CCCC2)cc1. The van der Waals surface area contributed by atoms with Crippen LogP contribution in [0.4, 0.5) is 0 Å². The molecule has 1 amide bonds. The second kappa shape index (κ2) is 8.66. The number of amides is 1. The number of methoxy groups -OCH3 is 1. The van der Waals surface area contributed by atoms with Gasteiger partial charge in [0.15, 0.2) is 5.65 Å². The summed E-state index contributed by atoms with van der Waals surface area (Å²) in [5, 5.41) is 7.45. The standard InChI is InChI=1S/C21H26N6O3/c1-25-20-17(11-24-25)21(29)27(14-23-20)13-19(28)22-12-18(26-9-3-4-10-26)15-5-7-16(30-2)8-6-15/h5-8,11,14,18H,3-4,9-10,12-13H2,1-2H3,(H,22,28)/t18-/m0/s1. The van der Waals surface area contributed by atoms with Crippen molar-refractivity contribution in [3.63, 3.8) is 0 Å². The van der Waals surface area contributed by atoms with Crippen molar-refractivity contribution in [1.82, 2.24) is 29.5 Å². The molecule has 0 radical (unpaired) electrons. The van der Waals surface area contributed by atoms with Gasteiger partial charge in [0.25, 0.3) is 5.56 Å². The third-order valence-electron chi connectivity index (χ3n) is 5.61. The van der Waals surface area contributed by atoms with E-state index in [1.807, 2.05) is 24.3 Å². The molecule has 9 heteroatoms. The van der Waals surface area contributed by atoms with Crippen LogP contribution in [0.3, 0.4) is 0 Å². The number of likely N-dealkylation sites (tertiary alicyclic amines) is 1. The molecule has 3 heterocycles. The average molecular weight is 410 g/mol. The van der Waals surface area contributed by atoms with E-state index in [9.17, 15) is 9.59 Å². The summed E-state index contributed by atoms with van der Waals surface area (Å²) in [6.45, 7) is 2.41. The number of aromatic nitrogens is 4.